The molecule has 1 atom stereocenters. The van der Waals surface area contributed by atoms with Gasteiger partial charge < -0.3 is 4.74 Å². The Morgan fingerprint density at radius 2 is 1.89 bits per heavy atom. The van der Waals surface area contributed by atoms with Crippen molar-refractivity contribution in [3.05, 3.63) is 64.4 Å². The van der Waals surface area contributed by atoms with Crippen LogP contribution in [0.5, 0.6) is 5.75 Å². The largest absolute Gasteiger partial charge is 0.483 e. The van der Waals surface area contributed by atoms with Gasteiger partial charge in [-0.25, -0.2) is 4.39 Å². The van der Waals surface area contributed by atoms with Gasteiger partial charge in [-0.05, 0) is 29.8 Å². The summed E-state index contributed by atoms with van der Waals surface area (Å²) in [6.07, 6.45) is -0.181. The fourth-order valence-electron chi connectivity index (χ4n) is 2.17. The summed E-state index contributed by atoms with van der Waals surface area (Å²) in [5.41, 5.74) is 1.27. The molecule has 0 unspecified atom stereocenters. The summed E-state index contributed by atoms with van der Waals surface area (Å²) in [4.78, 5) is 12.1. The molecule has 0 saturated heterocycles. The summed E-state index contributed by atoms with van der Waals surface area (Å²) < 4.78 is 18.7. The van der Waals surface area contributed by atoms with Gasteiger partial charge in [0, 0.05) is 0 Å². The first kappa shape index (κ1) is 12.2. The van der Waals surface area contributed by atoms with E-state index in [1.807, 2.05) is 0 Å². The molecule has 0 saturated carbocycles. The fourth-order valence-corrected chi connectivity index (χ4v) is 2.39. The van der Waals surface area contributed by atoms with Gasteiger partial charge in [-0.1, -0.05) is 29.8 Å². The summed E-state index contributed by atoms with van der Waals surface area (Å²) in [6, 6.07) is 11.0. The molecule has 0 bridgehead atoms. The molecule has 0 radical (unpaired) electrons. The van der Waals surface area contributed by atoms with E-state index in [2.05, 4.69) is 0 Å². The second-order valence-corrected chi connectivity index (χ2v) is 4.81. The molecule has 0 spiro atoms. The Morgan fingerprint density at radius 3 is 2.63 bits per heavy atom. The van der Waals surface area contributed by atoms with Crippen LogP contribution in [0.15, 0.2) is 42.5 Å². The minimum absolute atomic E-state index is 0.0157. The van der Waals surface area contributed by atoms with Crippen molar-refractivity contribution >= 4 is 17.4 Å². The number of rotatable bonds is 1. The van der Waals surface area contributed by atoms with E-state index in [9.17, 15) is 9.18 Å². The fraction of sp³-hybridized carbons (Fsp3) is 0.133. The predicted molar refractivity (Wildman–Crippen MR) is 70.2 cm³/mol. The molecule has 3 rings (SSSR count). The molecule has 4 heteroatoms. The van der Waals surface area contributed by atoms with Crippen molar-refractivity contribution in [2.75, 3.05) is 0 Å². The van der Waals surface area contributed by atoms with Gasteiger partial charge in [-0.15, -0.1) is 0 Å². The molecule has 19 heavy (non-hydrogen) atoms. The third kappa shape index (κ3) is 2.22. The highest BCUT2D eigenvalue weighted by atomic mass is 35.5. The number of carbonyl (C=O) groups excluding carboxylic acids is 1. The first-order chi connectivity index (χ1) is 9.15. The standard InChI is InChI=1S/C15H10ClFO2/c16-12-3-1-2-11-13(18)8-14(19-15(11)12)9-4-6-10(17)7-5-9/h1-7,14H,8H2/t14-/m0/s1. The average Bonchev–Trinajstić information content (AvgIpc) is 2.41. The third-order valence-electron chi connectivity index (χ3n) is 3.14. The Labute approximate surface area is 114 Å². The van der Waals surface area contributed by atoms with Gasteiger partial charge in [0.15, 0.2) is 5.78 Å². The number of ketones is 1. The van der Waals surface area contributed by atoms with Crippen molar-refractivity contribution in [1.29, 1.82) is 0 Å². The van der Waals surface area contributed by atoms with E-state index in [0.717, 1.165) is 5.56 Å². The quantitative estimate of drug-likeness (QED) is 0.781. The van der Waals surface area contributed by atoms with E-state index in [-0.39, 0.29) is 18.0 Å². The number of Topliss-reactive ketones (excluding diaryl/α,β-unsaturated/α-hetero) is 1. The van der Waals surface area contributed by atoms with Crippen molar-refractivity contribution in [2.45, 2.75) is 12.5 Å². The predicted octanol–water partition coefficient (Wildman–Crippen LogP) is 4.19. The Morgan fingerprint density at radius 1 is 1.16 bits per heavy atom. The van der Waals surface area contributed by atoms with Crippen LogP contribution in [0, 0.1) is 5.82 Å². The maximum Gasteiger partial charge on any atom is 0.170 e. The second kappa shape index (κ2) is 4.67. The zero-order valence-electron chi connectivity index (χ0n) is 9.90. The molecule has 0 aromatic heterocycles. The zero-order valence-corrected chi connectivity index (χ0v) is 10.7. The highest BCUT2D eigenvalue weighted by Gasteiger charge is 2.28. The summed E-state index contributed by atoms with van der Waals surface area (Å²) >= 11 is 6.05. The Balaban J connectivity index is 1.99. The van der Waals surface area contributed by atoms with Gasteiger partial charge in [0.2, 0.25) is 0 Å². The number of fused-ring (bicyclic) bond motifs is 1. The second-order valence-electron chi connectivity index (χ2n) is 4.40. The van der Waals surface area contributed by atoms with E-state index < -0.39 is 6.10 Å². The molecule has 2 aromatic carbocycles. The average molecular weight is 277 g/mol. The SMILES string of the molecule is O=C1C[C@@H](c2ccc(F)cc2)Oc2c(Cl)cccc21. The maximum atomic E-state index is 12.9. The summed E-state index contributed by atoms with van der Waals surface area (Å²) in [6.45, 7) is 0. The first-order valence-corrected chi connectivity index (χ1v) is 6.27. The van der Waals surface area contributed by atoms with Gasteiger partial charge in [0.05, 0.1) is 17.0 Å². The van der Waals surface area contributed by atoms with Crippen LogP contribution in [0.3, 0.4) is 0 Å². The molecular formula is C15H10ClFO2. The number of hydrogen-bond donors (Lipinski definition) is 0. The van der Waals surface area contributed by atoms with E-state index in [1.54, 1.807) is 30.3 Å². The van der Waals surface area contributed by atoms with Crippen LogP contribution in [0.1, 0.15) is 28.4 Å². The van der Waals surface area contributed by atoms with Crippen LogP contribution in [0.2, 0.25) is 5.02 Å². The monoisotopic (exact) mass is 276 g/mol. The number of benzene rings is 2. The molecular weight excluding hydrogens is 267 g/mol. The molecule has 0 fully saturated rings. The minimum atomic E-state index is -0.416. The Kier molecular flexibility index (Phi) is 2.99. The van der Waals surface area contributed by atoms with Crippen LogP contribution in [-0.4, -0.2) is 5.78 Å². The lowest BCUT2D eigenvalue weighted by Gasteiger charge is -2.26. The normalized spacial score (nSPS) is 17.8. The lowest BCUT2D eigenvalue weighted by atomic mass is 9.96. The highest BCUT2D eigenvalue weighted by molar-refractivity contribution is 6.32. The minimum Gasteiger partial charge on any atom is -0.483 e. The van der Waals surface area contributed by atoms with Crippen molar-refractivity contribution in [2.24, 2.45) is 0 Å². The smallest absolute Gasteiger partial charge is 0.170 e. The van der Waals surface area contributed by atoms with Crippen LogP contribution < -0.4 is 4.74 Å². The maximum absolute atomic E-state index is 12.9. The van der Waals surface area contributed by atoms with Crippen molar-refractivity contribution in [3.8, 4) is 5.75 Å². The Hall–Kier alpha value is -1.87. The first-order valence-electron chi connectivity index (χ1n) is 5.89. The summed E-state index contributed by atoms with van der Waals surface area (Å²) in [5.74, 6) is 0.0807. The molecule has 2 aromatic rings. The topological polar surface area (TPSA) is 26.3 Å². The molecule has 0 aliphatic carbocycles. The number of hydrogen-bond acceptors (Lipinski definition) is 2. The lowest BCUT2D eigenvalue weighted by molar-refractivity contribution is 0.0850. The molecule has 0 amide bonds. The number of ether oxygens (including phenoxy) is 1. The highest BCUT2D eigenvalue weighted by Crippen LogP contribution is 2.39. The third-order valence-corrected chi connectivity index (χ3v) is 3.44. The van der Waals surface area contributed by atoms with E-state index >= 15 is 0 Å². The summed E-state index contributed by atoms with van der Waals surface area (Å²) in [7, 11) is 0. The Bertz CT molecular complexity index is 637. The van der Waals surface area contributed by atoms with Crippen LogP contribution in [0.4, 0.5) is 4.39 Å². The lowest BCUT2D eigenvalue weighted by Crippen LogP contribution is -2.20. The number of para-hydroxylation sites is 1. The molecule has 1 aliphatic heterocycles. The van der Waals surface area contributed by atoms with Gasteiger partial charge in [0.1, 0.15) is 17.7 Å². The molecule has 96 valence electrons. The molecule has 2 nitrogen and oxygen atoms in total. The molecule has 1 aliphatic rings. The van der Waals surface area contributed by atoms with Crippen LogP contribution in [-0.2, 0) is 0 Å². The van der Waals surface area contributed by atoms with Gasteiger partial charge in [-0.2, -0.15) is 0 Å². The molecule has 0 N–H and O–H groups in total. The number of halogens is 2. The zero-order chi connectivity index (χ0) is 13.4. The van der Waals surface area contributed by atoms with Gasteiger partial charge >= 0.3 is 0 Å². The van der Waals surface area contributed by atoms with Crippen LogP contribution >= 0.6 is 11.6 Å². The van der Waals surface area contributed by atoms with Crippen LogP contribution in [0.25, 0.3) is 0 Å². The van der Waals surface area contributed by atoms with Crippen molar-refractivity contribution < 1.29 is 13.9 Å². The summed E-state index contributed by atoms with van der Waals surface area (Å²) in [5, 5.41) is 0.415. The van der Waals surface area contributed by atoms with E-state index in [4.69, 9.17) is 16.3 Å². The van der Waals surface area contributed by atoms with Crippen molar-refractivity contribution in [3.63, 3.8) is 0 Å². The molecule has 1 heterocycles. The van der Waals surface area contributed by atoms with E-state index in [0.29, 0.717) is 16.3 Å². The van der Waals surface area contributed by atoms with Crippen molar-refractivity contribution in [1.82, 2.24) is 0 Å². The van der Waals surface area contributed by atoms with E-state index in [1.165, 1.54) is 12.1 Å². The van der Waals surface area contributed by atoms with Gasteiger partial charge in [0.25, 0.3) is 0 Å². The number of carbonyl (C=O) groups is 1. The van der Waals surface area contributed by atoms with Gasteiger partial charge in [-0.3, -0.25) is 4.79 Å².